The largest absolute Gasteiger partial charge is 0.299 e. The molecule has 0 radical (unpaired) electrons. The molecule has 0 spiro atoms. The van der Waals surface area contributed by atoms with Crippen LogP contribution in [0.5, 0.6) is 0 Å². The standard InChI is InChI=1S/C10H18OS/c1-6(2)10-8(11)4-7(3)5-9(10)12/h6-7,9-10,12H,4-5H2,1-3H3. The Morgan fingerprint density at radius 1 is 1.50 bits per heavy atom. The molecule has 1 saturated carbocycles. The topological polar surface area (TPSA) is 17.1 Å². The van der Waals surface area contributed by atoms with E-state index in [9.17, 15) is 4.79 Å². The maximum absolute atomic E-state index is 11.6. The van der Waals surface area contributed by atoms with E-state index < -0.39 is 0 Å². The molecular weight excluding hydrogens is 168 g/mol. The number of thiol groups is 1. The minimum Gasteiger partial charge on any atom is -0.299 e. The average molecular weight is 186 g/mol. The molecule has 1 nitrogen and oxygen atoms in total. The van der Waals surface area contributed by atoms with Crippen molar-refractivity contribution in [1.82, 2.24) is 0 Å². The van der Waals surface area contributed by atoms with Gasteiger partial charge in [0, 0.05) is 17.6 Å². The molecule has 0 bridgehead atoms. The first-order valence-electron chi connectivity index (χ1n) is 4.73. The number of rotatable bonds is 1. The van der Waals surface area contributed by atoms with Gasteiger partial charge in [0.25, 0.3) is 0 Å². The third-order valence-electron chi connectivity index (χ3n) is 2.70. The predicted octanol–water partition coefficient (Wildman–Crippen LogP) is 2.56. The van der Waals surface area contributed by atoms with Gasteiger partial charge in [-0.3, -0.25) is 4.79 Å². The molecule has 0 aliphatic heterocycles. The van der Waals surface area contributed by atoms with Crippen molar-refractivity contribution < 1.29 is 4.79 Å². The maximum atomic E-state index is 11.6. The second kappa shape index (κ2) is 3.82. The minimum atomic E-state index is 0.199. The van der Waals surface area contributed by atoms with Crippen molar-refractivity contribution in [1.29, 1.82) is 0 Å². The zero-order chi connectivity index (χ0) is 9.30. The van der Waals surface area contributed by atoms with Crippen molar-refractivity contribution in [3.05, 3.63) is 0 Å². The summed E-state index contributed by atoms with van der Waals surface area (Å²) in [5.41, 5.74) is 0. The summed E-state index contributed by atoms with van der Waals surface area (Å²) in [6, 6.07) is 0. The summed E-state index contributed by atoms with van der Waals surface area (Å²) in [7, 11) is 0. The fourth-order valence-electron chi connectivity index (χ4n) is 2.15. The first kappa shape index (κ1) is 10.1. The van der Waals surface area contributed by atoms with Crippen molar-refractivity contribution >= 4 is 18.4 Å². The molecule has 3 atom stereocenters. The Morgan fingerprint density at radius 2 is 2.08 bits per heavy atom. The van der Waals surface area contributed by atoms with E-state index >= 15 is 0 Å². The Labute approximate surface area is 80.3 Å². The van der Waals surface area contributed by atoms with Gasteiger partial charge in [0.15, 0.2) is 0 Å². The van der Waals surface area contributed by atoms with Crippen LogP contribution in [0.3, 0.4) is 0 Å². The van der Waals surface area contributed by atoms with Crippen LogP contribution in [0, 0.1) is 17.8 Å². The maximum Gasteiger partial charge on any atom is 0.137 e. The molecule has 1 aliphatic carbocycles. The van der Waals surface area contributed by atoms with Crippen LogP contribution in [-0.4, -0.2) is 11.0 Å². The molecule has 0 aromatic carbocycles. The SMILES string of the molecule is CC1CC(=O)C(C(C)C)C(S)C1. The summed E-state index contributed by atoms with van der Waals surface area (Å²) in [5.74, 6) is 1.61. The van der Waals surface area contributed by atoms with Crippen LogP contribution in [0.15, 0.2) is 0 Å². The Balaban J connectivity index is 2.67. The molecule has 2 heteroatoms. The number of carbonyl (C=O) groups excluding carboxylic acids is 1. The van der Waals surface area contributed by atoms with E-state index in [0.29, 0.717) is 22.9 Å². The molecule has 0 N–H and O–H groups in total. The number of hydrogen-bond acceptors (Lipinski definition) is 2. The molecule has 0 heterocycles. The van der Waals surface area contributed by atoms with Gasteiger partial charge in [-0.2, -0.15) is 12.6 Å². The quantitative estimate of drug-likeness (QED) is 0.623. The van der Waals surface area contributed by atoms with E-state index in [0.717, 1.165) is 12.8 Å². The highest BCUT2D eigenvalue weighted by Gasteiger charge is 2.34. The van der Waals surface area contributed by atoms with Crippen molar-refractivity contribution in [2.45, 2.75) is 38.9 Å². The molecule has 3 unspecified atom stereocenters. The van der Waals surface area contributed by atoms with Gasteiger partial charge in [-0.1, -0.05) is 20.8 Å². The Kier molecular flexibility index (Phi) is 3.22. The lowest BCUT2D eigenvalue weighted by molar-refractivity contribution is -0.126. The number of Topliss-reactive ketones (excluding diaryl/α,β-unsaturated/α-hetero) is 1. The lowest BCUT2D eigenvalue weighted by atomic mass is 9.76. The first-order chi connectivity index (χ1) is 5.52. The predicted molar refractivity (Wildman–Crippen MR) is 54.5 cm³/mol. The fraction of sp³-hybridized carbons (Fsp3) is 0.900. The van der Waals surface area contributed by atoms with Gasteiger partial charge in [-0.05, 0) is 18.3 Å². The molecule has 0 aromatic heterocycles. The van der Waals surface area contributed by atoms with Crippen molar-refractivity contribution in [2.24, 2.45) is 17.8 Å². The fourth-order valence-corrected chi connectivity index (χ4v) is 3.02. The van der Waals surface area contributed by atoms with Gasteiger partial charge in [0.05, 0.1) is 0 Å². The number of carbonyl (C=O) groups is 1. The summed E-state index contributed by atoms with van der Waals surface area (Å²) in [5, 5.41) is 0.293. The summed E-state index contributed by atoms with van der Waals surface area (Å²) in [4.78, 5) is 11.6. The molecule has 0 saturated heterocycles. The van der Waals surface area contributed by atoms with E-state index in [4.69, 9.17) is 0 Å². The molecule has 12 heavy (non-hydrogen) atoms. The Hall–Kier alpha value is 0.0200. The number of ketones is 1. The van der Waals surface area contributed by atoms with Crippen molar-refractivity contribution in [2.75, 3.05) is 0 Å². The van der Waals surface area contributed by atoms with Crippen molar-refractivity contribution in [3.63, 3.8) is 0 Å². The third kappa shape index (κ3) is 2.03. The van der Waals surface area contributed by atoms with Crippen LogP contribution in [0.2, 0.25) is 0 Å². The van der Waals surface area contributed by atoms with Gasteiger partial charge in [-0.25, -0.2) is 0 Å². The van der Waals surface area contributed by atoms with E-state index in [1.54, 1.807) is 0 Å². The van der Waals surface area contributed by atoms with Gasteiger partial charge in [0.2, 0.25) is 0 Å². The highest BCUT2D eigenvalue weighted by atomic mass is 32.1. The lowest BCUT2D eigenvalue weighted by Gasteiger charge is -2.33. The molecular formula is C10H18OS. The summed E-state index contributed by atoms with van der Waals surface area (Å²) in [6.45, 7) is 6.36. The smallest absolute Gasteiger partial charge is 0.137 e. The average Bonchev–Trinajstić information content (AvgIpc) is 1.82. The molecule has 0 aromatic rings. The Morgan fingerprint density at radius 3 is 2.50 bits per heavy atom. The summed E-state index contributed by atoms with van der Waals surface area (Å²) >= 11 is 4.49. The summed E-state index contributed by atoms with van der Waals surface area (Å²) < 4.78 is 0. The van der Waals surface area contributed by atoms with E-state index in [1.807, 2.05) is 0 Å². The van der Waals surface area contributed by atoms with Gasteiger partial charge in [-0.15, -0.1) is 0 Å². The van der Waals surface area contributed by atoms with E-state index in [-0.39, 0.29) is 5.92 Å². The van der Waals surface area contributed by atoms with E-state index in [1.165, 1.54) is 0 Å². The molecule has 70 valence electrons. The minimum absolute atomic E-state index is 0.199. The Bertz CT molecular complexity index is 177. The van der Waals surface area contributed by atoms with Crippen LogP contribution < -0.4 is 0 Å². The molecule has 0 amide bonds. The second-order valence-corrected chi connectivity index (χ2v) is 5.01. The second-order valence-electron chi connectivity index (χ2n) is 4.35. The van der Waals surface area contributed by atoms with Crippen LogP contribution in [-0.2, 0) is 4.79 Å². The van der Waals surface area contributed by atoms with E-state index in [2.05, 4.69) is 33.4 Å². The third-order valence-corrected chi connectivity index (χ3v) is 3.23. The summed E-state index contributed by atoms with van der Waals surface area (Å²) in [6.07, 6.45) is 1.86. The van der Waals surface area contributed by atoms with Crippen LogP contribution in [0.4, 0.5) is 0 Å². The van der Waals surface area contributed by atoms with Gasteiger partial charge >= 0.3 is 0 Å². The highest BCUT2D eigenvalue weighted by Crippen LogP contribution is 2.33. The molecule has 1 rings (SSSR count). The molecule has 1 aliphatic rings. The zero-order valence-corrected chi connectivity index (χ0v) is 8.97. The number of hydrogen-bond donors (Lipinski definition) is 1. The first-order valence-corrected chi connectivity index (χ1v) is 5.24. The lowest BCUT2D eigenvalue weighted by Crippen LogP contribution is -2.36. The van der Waals surface area contributed by atoms with Crippen molar-refractivity contribution in [3.8, 4) is 0 Å². The van der Waals surface area contributed by atoms with Crippen LogP contribution in [0.25, 0.3) is 0 Å². The van der Waals surface area contributed by atoms with Gasteiger partial charge < -0.3 is 0 Å². The van der Waals surface area contributed by atoms with Gasteiger partial charge in [0.1, 0.15) is 5.78 Å². The normalized spacial score (nSPS) is 37.4. The zero-order valence-electron chi connectivity index (χ0n) is 8.08. The van der Waals surface area contributed by atoms with Crippen LogP contribution in [0.1, 0.15) is 33.6 Å². The van der Waals surface area contributed by atoms with Crippen LogP contribution >= 0.6 is 12.6 Å². The monoisotopic (exact) mass is 186 g/mol. The highest BCUT2D eigenvalue weighted by molar-refractivity contribution is 7.81. The molecule has 1 fully saturated rings.